The van der Waals surface area contributed by atoms with E-state index in [9.17, 15) is 9.90 Å². The molecule has 0 spiro atoms. The lowest BCUT2D eigenvalue weighted by Gasteiger charge is -2.15. The highest BCUT2D eigenvalue weighted by molar-refractivity contribution is 5.76. The van der Waals surface area contributed by atoms with Gasteiger partial charge in [0.1, 0.15) is 0 Å². The SMILES string of the molecule is CC(C)C(O)CNC(=O)CCN(C)C. The highest BCUT2D eigenvalue weighted by atomic mass is 16.3. The van der Waals surface area contributed by atoms with Crippen molar-refractivity contribution in [3.8, 4) is 0 Å². The highest BCUT2D eigenvalue weighted by Crippen LogP contribution is 1.98. The van der Waals surface area contributed by atoms with Crippen LogP contribution in [0, 0.1) is 5.92 Å². The van der Waals surface area contributed by atoms with Gasteiger partial charge < -0.3 is 15.3 Å². The molecular formula is C10H22N2O2. The van der Waals surface area contributed by atoms with Crippen molar-refractivity contribution in [1.29, 1.82) is 0 Å². The monoisotopic (exact) mass is 202 g/mol. The minimum absolute atomic E-state index is 0.00148. The Labute approximate surface area is 86.3 Å². The third kappa shape index (κ3) is 6.86. The average molecular weight is 202 g/mol. The topological polar surface area (TPSA) is 52.6 Å². The maximum Gasteiger partial charge on any atom is 0.221 e. The van der Waals surface area contributed by atoms with Gasteiger partial charge in [0.05, 0.1) is 6.10 Å². The molecule has 0 aliphatic rings. The smallest absolute Gasteiger partial charge is 0.221 e. The molecule has 1 atom stereocenters. The van der Waals surface area contributed by atoms with Gasteiger partial charge in [0.15, 0.2) is 0 Å². The first-order chi connectivity index (χ1) is 6.43. The van der Waals surface area contributed by atoms with E-state index in [1.54, 1.807) is 0 Å². The normalized spacial score (nSPS) is 13.4. The van der Waals surface area contributed by atoms with Crippen molar-refractivity contribution in [2.24, 2.45) is 5.92 Å². The fourth-order valence-electron chi connectivity index (χ4n) is 0.868. The maximum absolute atomic E-state index is 11.2. The van der Waals surface area contributed by atoms with Gasteiger partial charge in [-0.2, -0.15) is 0 Å². The predicted molar refractivity (Wildman–Crippen MR) is 57.0 cm³/mol. The molecule has 0 aromatic heterocycles. The number of hydrogen-bond acceptors (Lipinski definition) is 3. The fraction of sp³-hybridized carbons (Fsp3) is 0.900. The first-order valence-corrected chi connectivity index (χ1v) is 5.03. The van der Waals surface area contributed by atoms with Crippen LogP contribution in [0.2, 0.25) is 0 Å². The highest BCUT2D eigenvalue weighted by Gasteiger charge is 2.10. The Bertz CT molecular complexity index is 170. The van der Waals surface area contributed by atoms with Crippen LogP contribution in [0.3, 0.4) is 0 Å². The van der Waals surface area contributed by atoms with E-state index in [0.29, 0.717) is 13.0 Å². The van der Waals surface area contributed by atoms with E-state index in [1.165, 1.54) is 0 Å². The number of nitrogens with zero attached hydrogens (tertiary/aromatic N) is 1. The molecule has 0 aliphatic heterocycles. The van der Waals surface area contributed by atoms with E-state index in [2.05, 4.69) is 5.32 Å². The van der Waals surface area contributed by atoms with Gasteiger partial charge in [-0.15, -0.1) is 0 Å². The molecule has 0 heterocycles. The van der Waals surface area contributed by atoms with Crippen LogP contribution in [0.1, 0.15) is 20.3 Å². The molecule has 4 nitrogen and oxygen atoms in total. The van der Waals surface area contributed by atoms with Gasteiger partial charge in [0, 0.05) is 19.5 Å². The Morgan fingerprint density at radius 2 is 2.00 bits per heavy atom. The predicted octanol–water partition coefficient (Wildman–Crippen LogP) is 0.0712. The molecule has 0 aromatic rings. The van der Waals surface area contributed by atoms with E-state index < -0.39 is 6.10 Å². The molecule has 0 fully saturated rings. The second-order valence-electron chi connectivity index (χ2n) is 4.17. The molecule has 0 rings (SSSR count). The summed E-state index contributed by atoms with van der Waals surface area (Å²) in [5.41, 5.74) is 0. The summed E-state index contributed by atoms with van der Waals surface area (Å²) in [6.07, 6.45) is 0.0379. The summed E-state index contributed by atoms with van der Waals surface area (Å²) < 4.78 is 0. The van der Waals surface area contributed by atoms with E-state index in [0.717, 1.165) is 6.54 Å². The van der Waals surface area contributed by atoms with Crippen LogP contribution in [-0.2, 0) is 4.79 Å². The number of hydrogen-bond donors (Lipinski definition) is 2. The minimum Gasteiger partial charge on any atom is -0.391 e. The van der Waals surface area contributed by atoms with Crippen molar-refractivity contribution in [3.63, 3.8) is 0 Å². The van der Waals surface area contributed by atoms with Gasteiger partial charge >= 0.3 is 0 Å². The Morgan fingerprint density at radius 1 is 1.43 bits per heavy atom. The molecule has 0 bridgehead atoms. The van der Waals surface area contributed by atoms with Crippen LogP contribution >= 0.6 is 0 Å². The first-order valence-electron chi connectivity index (χ1n) is 5.03. The number of amides is 1. The lowest BCUT2D eigenvalue weighted by atomic mass is 10.1. The molecule has 84 valence electrons. The van der Waals surface area contributed by atoms with Crippen molar-refractivity contribution < 1.29 is 9.90 Å². The van der Waals surface area contributed by atoms with Crippen molar-refractivity contribution in [3.05, 3.63) is 0 Å². The van der Waals surface area contributed by atoms with Gasteiger partial charge in [-0.1, -0.05) is 13.8 Å². The van der Waals surface area contributed by atoms with Crippen LogP contribution in [0.4, 0.5) is 0 Å². The van der Waals surface area contributed by atoms with Gasteiger partial charge in [-0.25, -0.2) is 0 Å². The molecule has 0 saturated carbocycles. The van der Waals surface area contributed by atoms with Crippen LogP contribution in [0.5, 0.6) is 0 Å². The van der Waals surface area contributed by atoms with E-state index in [-0.39, 0.29) is 11.8 Å². The minimum atomic E-state index is -0.446. The summed E-state index contributed by atoms with van der Waals surface area (Å²) >= 11 is 0. The second-order valence-corrected chi connectivity index (χ2v) is 4.17. The van der Waals surface area contributed by atoms with Gasteiger partial charge in [0.25, 0.3) is 0 Å². The Hall–Kier alpha value is -0.610. The van der Waals surface area contributed by atoms with Crippen molar-refractivity contribution in [2.45, 2.75) is 26.4 Å². The van der Waals surface area contributed by atoms with Crippen molar-refractivity contribution in [1.82, 2.24) is 10.2 Å². The van der Waals surface area contributed by atoms with Crippen molar-refractivity contribution >= 4 is 5.91 Å². The van der Waals surface area contributed by atoms with E-state index in [1.807, 2.05) is 32.8 Å². The van der Waals surface area contributed by atoms with Crippen LogP contribution in [0.25, 0.3) is 0 Å². The molecule has 1 unspecified atom stereocenters. The summed E-state index contributed by atoms with van der Waals surface area (Å²) in [7, 11) is 3.85. The summed E-state index contributed by atoms with van der Waals surface area (Å²) in [4.78, 5) is 13.2. The van der Waals surface area contributed by atoms with Gasteiger partial charge in [-0.3, -0.25) is 4.79 Å². The van der Waals surface area contributed by atoms with Crippen LogP contribution < -0.4 is 5.32 Å². The number of carbonyl (C=O) groups is 1. The number of aliphatic hydroxyl groups excluding tert-OH is 1. The summed E-state index contributed by atoms with van der Waals surface area (Å²) in [6.45, 7) is 4.95. The first kappa shape index (κ1) is 13.4. The number of aliphatic hydroxyl groups is 1. The molecule has 1 amide bonds. The number of rotatable bonds is 6. The van der Waals surface area contributed by atoms with Crippen LogP contribution in [0.15, 0.2) is 0 Å². The average Bonchev–Trinajstić information content (AvgIpc) is 2.10. The molecular weight excluding hydrogens is 180 g/mol. The second kappa shape index (κ2) is 6.79. The summed E-state index contributed by atoms with van der Waals surface area (Å²) in [6, 6.07) is 0. The quantitative estimate of drug-likeness (QED) is 0.641. The van der Waals surface area contributed by atoms with E-state index in [4.69, 9.17) is 0 Å². The van der Waals surface area contributed by atoms with Gasteiger partial charge in [0.2, 0.25) is 5.91 Å². The maximum atomic E-state index is 11.2. The number of carbonyl (C=O) groups excluding carboxylic acids is 1. The molecule has 0 aliphatic carbocycles. The summed E-state index contributed by atoms with van der Waals surface area (Å²) in [5, 5.41) is 12.1. The fourth-order valence-corrected chi connectivity index (χ4v) is 0.868. The summed E-state index contributed by atoms with van der Waals surface area (Å²) in [5.74, 6) is 0.183. The molecule has 14 heavy (non-hydrogen) atoms. The zero-order valence-electron chi connectivity index (χ0n) is 9.58. The zero-order chi connectivity index (χ0) is 11.1. The standard InChI is InChI=1S/C10H22N2O2/c1-8(2)9(13)7-11-10(14)5-6-12(3)4/h8-9,13H,5-7H2,1-4H3,(H,11,14). The van der Waals surface area contributed by atoms with E-state index >= 15 is 0 Å². The largest absolute Gasteiger partial charge is 0.391 e. The van der Waals surface area contributed by atoms with Crippen LogP contribution in [-0.4, -0.2) is 49.2 Å². The lowest BCUT2D eigenvalue weighted by Crippen LogP contribution is -2.35. The molecule has 0 saturated heterocycles. The zero-order valence-corrected chi connectivity index (χ0v) is 9.58. The third-order valence-electron chi connectivity index (χ3n) is 2.06. The van der Waals surface area contributed by atoms with Gasteiger partial charge in [-0.05, 0) is 20.0 Å². The Kier molecular flexibility index (Phi) is 6.49. The molecule has 0 aromatic carbocycles. The number of nitrogens with one attached hydrogen (secondary N) is 1. The van der Waals surface area contributed by atoms with Crippen molar-refractivity contribution in [2.75, 3.05) is 27.2 Å². The lowest BCUT2D eigenvalue weighted by molar-refractivity contribution is -0.121. The molecule has 0 radical (unpaired) electrons. The Balaban J connectivity index is 3.54. The third-order valence-corrected chi connectivity index (χ3v) is 2.06. The molecule has 4 heteroatoms. The molecule has 2 N–H and O–H groups in total. The Morgan fingerprint density at radius 3 is 2.43 bits per heavy atom.